The van der Waals surface area contributed by atoms with Crippen LogP contribution in [0.3, 0.4) is 0 Å². The monoisotopic (exact) mass is 1760 g/mol. The molecule has 111 heavy (non-hydrogen) atoms. The van der Waals surface area contributed by atoms with Gasteiger partial charge in [0.05, 0.1) is 47.6 Å². The van der Waals surface area contributed by atoms with Gasteiger partial charge in [0.2, 0.25) is 12.9 Å². The van der Waals surface area contributed by atoms with Gasteiger partial charge in [-0.3, -0.25) is 14.4 Å². The Morgan fingerprint density at radius 1 is 0.541 bits per heavy atom. The zero-order valence-electron chi connectivity index (χ0n) is 62.3. The van der Waals surface area contributed by atoms with Crippen LogP contribution in [0.4, 0.5) is 35.1 Å². The van der Waals surface area contributed by atoms with Crippen LogP contribution in [0.5, 0.6) is 0 Å². The molecule has 0 saturated heterocycles. The Kier molecular flexibility index (Phi) is 86.4. The summed E-state index contributed by atoms with van der Waals surface area (Å²) in [4.78, 5) is 96.0. The van der Waals surface area contributed by atoms with E-state index in [2.05, 4.69) is 162 Å². The first kappa shape index (κ1) is 123. The molecule has 0 bridgehead atoms. The van der Waals surface area contributed by atoms with Crippen LogP contribution in [0.1, 0.15) is 133 Å². The Hall–Kier alpha value is -6.07. The molecule has 8 aromatic carbocycles. The van der Waals surface area contributed by atoms with Crippen molar-refractivity contribution >= 4 is 119 Å². The normalized spacial score (nSPS) is 8.86. The third kappa shape index (κ3) is 57.6. The molecule has 3 N–H and O–H groups in total. The zero-order valence-corrected chi connectivity index (χ0v) is 73.4. The minimum atomic E-state index is -4.22. The van der Waals surface area contributed by atoms with Crippen LogP contribution in [0, 0.1) is 25.2 Å². The molecule has 578 valence electrons. The van der Waals surface area contributed by atoms with Gasteiger partial charge in [0.15, 0.2) is 12.6 Å². The molecular formula is C78H79ClF8IK2LiNaO18P. The van der Waals surface area contributed by atoms with Crippen molar-refractivity contribution in [1.82, 2.24) is 0 Å². The van der Waals surface area contributed by atoms with Crippen molar-refractivity contribution in [3.63, 3.8) is 0 Å². The number of aliphatic carboxylic acids is 1. The molecular weight excluding hydrogens is 1680 g/mol. The number of carbonyl (C=O) groups excluding carboxylic acids is 7. The van der Waals surface area contributed by atoms with E-state index < -0.39 is 80.9 Å². The van der Waals surface area contributed by atoms with E-state index >= 15 is 0 Å². The van der Waals surface area contributed by atoms with E-state index in [0.29, 0.717) is 41.9 Å². The number of terminal acetylenes is 2. The van der Waals surface area contributed by atoms with Crippen molar-refractivity contribution < 1.29 is 276 Å². The minimum absolute atomic E-state index is 0. The van der Waals surface area contributed by atoms with Crippen molar-refractivity contribution in [3.05, 3.63) is 274 Å². The number of rotatable bonds is 20. The molecule has 0 aliphatic rings. The number of benzene rings is 8. The van der Waals surface area contributed by atoms with Gasteiger partial charge in [-0.25, -0.2) is 41.5 Å². The summed E-state index contributed by atoms with van der Waals surface area (Å²) in [6.07, 6.45) is 6.67. The number of aldehydes is 2. The molecule has 0 aliphatic heterocycles. The fourth-order valence-electron chi connectivity index (χ4n) is 7.45. The summed E-state index contributed by atoms with van der Waals surface area (Å²) in [5, 5.41) is 34.6. The zero-order chi connectivity index (χ0) is 80.1. The van der Waals surface area contributed by atoms with Gasteiger partial charge < -0.3 is 51.4 Å². The third-order valence-electron chi connectivity index (χ3n) is 11.4. The van der Waals surface area contributed by atoms with E-state index in [1.807, 2.05) is 0 Å². The second-order valence-electron chi connectivity index (χ2n) is 18.6. The van der Waals surface area contributed by atoms with E-state index in [1.54, 1.807) is 94.4 Å². The van der Waals surface area contributed by atoms with Gasteiger partial charge in [0.1, 0.15) is 5.97 Å². The number of ether oxygens (including phenoxy) is 3. The Labute approximate surface area is 781 Å². The Morgan fingerprint density at radius 3 is 1.04 bits per heavy atom. The van der Waals surface area contributed by atoms with Gasteiger partial charge in [-0.15, -0.1) is 25.2 Å². The van der Waals surface area contributed by atoms with Crippen LogP contribution in [-0.4, -0.2) is 113 Å². The number of hydrogen-bond acceptors (Lipinski definition) is 16. The van der Waals surface area contributed by atoms with E-state index in [4.69, 9.17) is 44.4 Å². The second kappa shape index (κ2) is 77.8. The number of aromatic carboxylic acids is 2. The van der Waals surface area contributed by atoms with Gasteiger partial charge in [0.25, 0.3) is 12.6 Å². The van der Waals surface area contributed by atoms with Gasteiger partial charge in [-0.05, 0) is 115 Å². The number of carbonyl (C=O) groups is 9. The first-order valence-electron chi connectivity index (χ1n) is 30.2. The summed E-state index contributed by atoms with van der Waals surface area (Å²) in [5.41, 5.74) is 1.91. The number of esters is 3. The molecule has 0 unspecified atom stereocenters. The van der Waals surface area contributed by atoms with Crippen LogP contribution in [0.2, 0.25) is 0 Å². The first-order valence-corrected chi connectivity index (χ1v) is 33.5. The Balaban J connectivity index is -0.000000132. The fourth-order valence-corrected chi connectivity index (χ4v) is 9.75. The van der Waals surface area contributed by atoms with E-state index in [9.17, 15) is 68.7 Å². The summed E-state index contributed by atoms with van der Waals surface area (Å²) in [6, 6.07) is 63.0. The maximum Gasteiger partial charge on any atom is 1.00 e. The number of carboxylic acids is 3. The summed E-state index contributed by atoms with van der Waals surface area (Å²) in [7, 11) is -0.446. The molecule has 0 amide bonds. The molecule has 8 aromatic rings. The van der Waals surface area contributed by atoms with E-state index in [1.165, 1.54) is 74.9 Å². The Morgan fingerprint density at radius 2 is 0.775 bits per heavy atom. The largest absolute Gasteiger partial charge is 1.00 e. The van der Waals surface area contributed by atoms with Crippen LogP contribution in [-0.2, 0) is 41.5 Å². The first-order chi connectivity index (χ1) is 50.1. The summed E-state index contributed by atoms with van der Waals surface area (Å²) >= 11 is 6.16. The van der Waals surface area contributed by atoms with Crippen molar-refractivity contribution in [3.8, 4) is 25.2 Å². The van der Waals surface area contributed by atoms with Crippen molar-refractivity contribution in [2.45, 2.75) is 73.1 Å². The average molecular weight is 1760 g/mol. The molecule has 0 spiro atoms. The number of halogens is 10. The molecule has 33 heteroatoms. The smallest absolute Gasteiger partial charge is 1.00 e. The topological polar surface area (TPSA) is 307 Å². The number of carboxylic acid groups (broad SMARTS) is 3. The number of alkyl halides is 8. The molecule has 8 rings (SSSR count). The molecule has 0 heterocycles. The number of hydrogen-bond donors (Lipinski definition) is 2. The summed E-state index contributed by atoms with van der Waals surface area (Å²) in [5.74, 6) is -4.16. The molecule has 0 aromatic heterocycles. The Bertz CT molecular complexity index is 3860. The minimum Gasteiger partial charge on any atom is -1.00 e. The van der Waals surface area contributed by atoms with Crippen LogP contribution < -0.4 is 177 Å². The average Bonchev–Trinajstić information content (AvgIpc) is 0.822. The third-order valence-corrected chi connectivity index (χ3v) is 14.0. The molecule has 0 saturated carbocycles. The van der Waals surface area contributed by atoms with E-state index in [0.717, 1.165) is 0 Å². The molecule has 0 aliphatic carbocycles. The van der Waals surface area contributed by atoms with Crippen molar-refractivity contribution in [2.24, 2.45) is 0 Å². The summed E-state index contributed by atoms with van der Waals surface area (Å²) < 4.78 is 110. The predicted molar refractivity (Wildman–Crippen MR) is 401 cm³/mol. The van der Waals surface area contributed by atoms with Gasteiger partial charge in [-0.1, -0.05) is 219 Å². The quantitative estimate of drug-likeness (QED) is 0.00946. The predicted octanol–water partition coefficient (Wildman–Crippen LogP) is 3.20. The van der Waals surface area contributed by atoms with Gasteiger partial charge in [0, 0.05) is 30.0 Å². The molecule has 0 radical (unpaired) electrons. The molecule has 0 atom stereocenters. The van der Waals surface area contributed by atoms with Gasteiger partial charge in [-0.2, -0.15) is 17.6 Å². The van der Waals surface area contributed by atoms with Crippen molar-refractivity contribution in [1.29, 1.82) is 0 Å². The second-order valence-corrected chi connectivity index (χ2v) is 22.8. The van der Waals surface area contributed by atoms with Crippen LogP contribution >= 0.6 is 42.1 Å². The molecule has 18 nitrogen and oxygen atoms in total. The maximum atomic E-state index is 12.2. The SMILES string of the molecule is C.C#C.C#CC.CCI.CCOC(=O)c1ccccc1C=C(F)F.CCOC(=O)c1ccccc1C=O.CCOC(=O)c1ccccc1CC(F)F.O=C(O)c1ccccc1CC(F)F.O=C([O-])C(F)(F)Cl.O=CO[O-].O=Cc1ccccc1C(=O)O.[H-].[K+].[K+].[Li+].[Na+].[OH-].c1ccc(P(c2ccccc2)c2ccccc2)cc1. The van der Waals surface area contributed by atoms with Gasteiger partial charge >= 0.3 is 186 Å². The van der Waals surface area contributed by atoms with Crippen LogP contribution in [0.15, 0.2) is 218 Å². The summed E-state index contributed by atoms with van der Waals surface area (Å²) in [6.45, 7) is 9.41. The maximum absolute atomic E-state index is 12.2. The molecule has 0 fully saturated rings. The standard InChI is InChI=1S/C18H15P.C11H12F2O2.C11H10F2O2.C10H10O3.C9H8F2O2.C8H6O3.C3H4.C2HClF2O2.C2H5I.C2H2.CH2O3.CH4.2K.Li.Na.H2O.H/c1-4-10-16(11-5-1)19(17-12-6-2-7-13-17)18-14-8-3-9-15-18;2*1-2-15-11(14)9-6-4-3-5-8(9)7-10(12)13;1-2-13-10(12)9-6-4-3-5-8(9)7-11;10-8(11)5-6-3-1-2-4-7(6)9(12)13;9-5-6-3-1-2-4-7(6)8(10)11;1-3-2;3-2(4,5)1(6)7;1-2-3;1-2;2-1-4-3;;;;;;;/h1-15H;3-6,10H,2,7H2,1H3;3-7H,2H2,1H3;3-7H,2H2,1H3;1-4,8H,5H2,(H,12,13);1-5H,(H,10,11);1H,2H3;(H,6,7);2H2,1H3;1-2H;1,3H;1H4;;;;;1H2;/q;;;;;;;;;;;;4*+1;;-1/p-3. The fraction of sp³-hybridized carbons (Fsp3) is 0.192. The van der Waals surface area contributed by atoms with E-state index in [-0.39, 0.29) is 224 Å². The van der Waals surface area contributed by atoms with Crippen molar-refractivity contribution in [2.75, 3.05) is 24.2 Å². The van der Waals surface area contributed by atoms with Crippen LogP contribution in [0.25, 0.3) is 6.08 Å².